The van der Waals surface area contributed by atoms with Gasteiger partial charge in [-0.15, -0.1) is 0 Å². The van der Waals surface area contributed by atoms with Crippen molar-refractivity contribution < 1.29 is 9.90 Å². The van der Waals surface area contributed by atoms with Crippen molar-refractivity contribution in [3.8, 4) is 0 Å². The predicted molar refractivity (Wildman–Crippen MR) is 75.7 cm³/mol. The number of hydrogen-bond acceptors (Lipinski definition) is 1. The Labute approximate surface area is 112 Å². The predicted octanol–water partition coefficient (Wildman–Crippen LogP) is 5.02. The van der Waals surface area contributed by atoms with Crippen molar-refractivity contribution in [1.82, 2.24) is 0 Å². The largest absolute Gasteiger partial charge is 0.481 e. The van der Waals surface area contributed by atoms with Crippen LogP contribution < -0.4 is 0 Å². The normalized spacial score (nSPS) is 23.4. The minimum absolute atomic E-state index is 0.354. The molecule has 2 heteroatoms. The summed E-state index contributed by atoms with van der Waals surface area (Å²) >= 11 is 0. The van der Waals surface area contributed by atoms with Crippen LogP contribution in [0.25, 0.3) is 0 Å². The van der Waals surface area contributed by atoms with Gasteiger partial charge < -0.3 is 5.11 Å². The first-order valence-electron chi connectivity index (χ1n) is 7.94. The molecular formula is C16H30O2. The number of aliphatic carboxylic acids is 1. The lowest BCUT2D eigenvalue weighted by molar-refractivity contribution is -0.137. The number of carboxylic acids is 1. The highest BCUT2D eigenvalue weighted by atomic mass is 16.4. The van der Waals surface area contributed by atoms with Crippen LogP contribution >= 0.6 is 0 Å². The lowest BCUT2D eigenvalue weighted by Gasteiger charge is -2.11. The van der Waals surface area contributed by atoms with Gasteiger partial charge in [0.25, 0.3) is 0 Å². The highest BCUT2D eigenvalue weighted by molar-refractivity contribution is 5.66. The van der Waals surface area contributed by atoms with Crippen LogP contribution in [0.2, 0.25) is 0 Å². The summed E-state index contributed by atoms with van der Waals surface area (Å²) in [6, 6.07) is 0. The Bertz CT molecular complexity index is 225. The zero-order chi connectivity index (χ0) is 13.2. The van der Waals surface area contributed by atoms with E-state index in [2.05, 4.69) is 6.92 Å². The molecule has 0 amide bonds. The van der Waals surface area contributed by atoms with Crippen molar-refractivity contribution in [2.24, 2.45) is 11.8 Å². The van der Waals surface area contributed by atoms with Crippen LogP contribution in [-0.2, 0) is 4.79 Å². The standard InChI is InChI=1S/C16H30O2/c1-2-3-4-5-8-14-11-12-15(13-14)9-6-7-10-16(17)18/h14-15H,2-13H2,1H3,(H,17,18). The summed E-state index contributed by atoms with van der Waals surface area (Å²) in [7, 11) is 0. The van der Waals surface area contributed by atoms with E-state index >= 15 is 0 Å². The molecule has 18 heavy (non-hydrogen) atoms. The highest BCUT2D eigenvalue weighted by Crippen LogP contribution is 2.37. The molecule has 1 saturated carbocycles. The zero-order valence-corrected chi connectivity index (χ0v) is 12.0. The fourth-order valence-electron chi connectivity index (χ4n) is 3.27. The summed E-state index contributed by atoms with van der Waals surface area (Å²) in [4.78, 5) is 10.4. The third-order valence-electron chi connectivity index (χ3n) is 4.37. The van der Waals surface area contributed by atoms with E-state index in [-0.39, 0.29) is 0 Å². The molecular weight excluding hydrogens is 224 g/mol. The van der Waals surface area contributed by atoms with Crippen molar-refractivity contribution in [1.29, 1.82) is 0 Å². The number of carboxylic acid groups (broad SMARTS) is 1. The molecule has 0 radical (unpaired) electrons. The van der Waals surface area contributed by atoms with Gasteiger partial charge in [-0.2, -0.15) is 0 Å². The molecule has 0 aromatic rings. The van der Waals surface area contributed by atoms with Crippen LogP contribution in [0, 0.1) is 11.8 Å². The van der Waals surface area contributed by atoms with Crippen LogP contribution in [0.4, 0.5) is 0 Å². The molecule has 1 fully saturated rings. The highest BCUT2D eigenvalue weighted by Gasteiger charge is 2.23. The van der Waals surface area contributed by atoms with E-state index < -0.39 is 5.97 Å². The summed E-state index contributed by atoms with van der Waals surface area (Å²) in [6.07, 6.45) is 14.8. The summed E-state index contributed by atoms with van der Waals surface area (Å²) in [5, 5.41) is 8.59. The third kappa shape index (κ3) is 7.03. The molecule has 1 N–H and O–H groups in total. The SMILES string of the molecule is CCCCCCC1CCC(CCCCC(=O)O)C1. The lowest BCUT2D eigenvalue weighted by atomic mass is 9.95. The first-order valence-corrected chi connectivity index (χ1v) is 7.94. The molecule has 0 spiro atoms. The van der Waals surface area contributed by atoms with Crippen LogP contribution in [0.3, 0.4) is 0 Å². The smallest absolute Gasteiger partial charge is 0.303 e. The maximum Gasteiger partial charge on any atom is 0.303 e. The van der Waals surface area contributed by atoms with Gasteiger partial charge in [-0.05, 0) is 24.7 Å². The van der Waals surface area contributed by atoms with E-state index in [1.807, 2.05) is 0 Å². The summed E-state index contributed by atoms with van der Waals surface area (Å²) in [5.41, 5.74) is 0. The first kappa shape index (κ1) is 15.5. The van der Waals surface area contributed by atoms with Crippen molar-refractivity contribution >= 4 is 5.97 Å². The lowest BCUT2D eigenvalue weighted by Crippen LogP contribution is -1.99. The monoisotopic (exact) mass is 254 g/mol. The number of rotatable bonds is 10. The van der Waals surface area contributed by atoms with Gasteiger partial charge in [0.1, 0.15) is 0 Å². The van der Waals surface area contributed by atoms with E-state index in [4.69, 9.17) is 5.11 Å². The Morgan fingerprint density at radius 2 is 1.61 bits per heavy atom. The molecule has 0 bridgehead atoms. The Morgan fingerprint density at radius 3 is 2.17 bits per heavy atom. The number of hydrogen-bond donors (Lipinski definition) is 1. The molecule has 0 heterocycles. The second-order valence-electron chi connectivity index (χ2n) is 6.03. The van der Waals surface area contributed by atoms with Gasteiger partial charge in [0, 0.05) is 6.42 Å². The molecule has 0 aliphatic heterocycles. The Morgan fingerprint density at radius 1 is 1.00 bits per heavy atom. The molecule has 2 atom stereocenters. The van der Waals surface area contributed by atoms with Crippen LogP contribution in [0.15, 0.2) is 0 Å². The fraction of sp³-hybridized carbons (Fsp3) is 0.938. The number of unbranched alkanes of at least 4 members (excludes halogenated alkanes) is 4. The van der Waals surface area contributed by atoms with Gasteiger partial charge in [0.05, 0.1) is 0 Å². The van der Waals surface area contributed by atoms with E-state index in [0.717, 1.165) is 24.7 Å². The van der Waals surface area contributed by atoms with Crippen molar-refractivity contribution in [2.45, 2.75) is 84.0 Å². The van der Waals surface area contributed by atoms with Gasteiger partial charge in [-0.3, -0.25) is 4.79 Å². The molecule has 106 valence electrons. The maximum atomic E-state index is 10.4. The average molecular weight is 254 g/mol. The molecule has 2 nitrogen and oxygen atoms in total. The minimum atomic E-state index is -0.643. The third-order valence-corrected chi connectivity index (χ3v) is 4.37. The van der Waals surface area contributed by atoms with Crippen LogP contribution in [-0.4, -0.2) is 11.1 Å². The molecule has 2 unspecified atom stereocenters. The second-order valence-corrected chi connectivity index (χ2v) is 6.03. The van der Waals surface area contributed by atoms with Gasteiger partial charge in [0.2, 0.25) is 0 Å². The van der Waals surface area contributed by atoms with E-state index in [1.165, 1.54) is 57.8 Å². The summed E-state index contributed by atoms with van der Waals surface area (Å²) in [5.74, 6) is 1.23. The van der Waals surface area contributed by atoms with E-state index in [9.17, 15) is 4.79 Å². The minimum Gasteiger partial charge on any atom is -0.481 e. The van der Waals surface area contributed by atoms with Crippen LogP contribution in [0.1, 0.15) is 84.0 Å². The zero-order valence-electron chi connectivity index (χ0n) is 12.0. The fourth-order valence-corrected chi connectivity index (χ4v) is 3.27. The average Bonchev–Trinajstić information content (AvgIpc) is 2.78. The maximum absolute atomic E-state index is 10.4. The Balaban J connectivity index is 1.97. The van der Waals surface area contributed by atoms with Gasteiger partial charge in [-0.1, -0.05) is 64.7 Å². The van der Waals surface area contributed by atoms with Crippen molar-refractivity contribution in [3.05, 3.63) is 0 Å². The molecule has 1 aliphatic rings. The second kappa shape index (κ2) is 9.41. The van der Waals surface area contributed by atoms with E-state index in [0.29, 0.717) is 6.42 Å². The Kier molecular flexibility index (Phi) is 8.11. The molecule has 0 aromatic heterocycles. The Hall–Kier alpha value is -0.530. The van der Waals surface area contributed by atoms with Gasteiger partial charge in [-0.25, -0.2) is 0 Å². The van der Waals surface area contributed by atoms with Crippen molar-refractivity contribution in [3.63, 3.8) is 0 Å². The topological polar surface area (TPSA) is 37.3 Å². The van der Waals surface area contributed by atoms with E-state index in [1.54, 1.807) is 0 Å². The molecule has 0 aromatic carbocycles. The first-order chi connectivity index (χ1) is 8.72. The summed E-state index contributed by atoms with van der Waals surface area (Å²) < 4.78 is 0. The molecule has 0 saturated heterocycles. The molecule has 1 rings (SSSR count). The van der Waals surface area contributed by atoms with Gasteiger partial charge in [0.15, 0.2) is 0 Å². The quantitative estimate of drug-likeness (QED) is 0.556. The number of carbonyl (C=O) groups is 1. The van der Waals surface area contributed by atoms with Crippen LogP contribution in [0.5, 0.6) is 0 Å². The van der Waals surface area contributed by atoms with Crippen molar-refractivity contribution in [2.75, 3.05) is 0 Å². The van der Waals surface area contributed by atoms with Gasteiger partial charge >= 0.3 is 5.97 Å². The summed E-state index contributed by atoms with van der Waals surface area (Å²) in [6.45, 7) is 2.27. The molecule has 1 aliphatic carbocycles.